The summed E-state index contributed by atoms with van der Waals surface area (Å²) in [4.78, 5) is 120. The van der Waals surface area contributed by atoms with Crippen LogP contribution in [0, 0.1) is 17.8 Å². The number of Topliss-reactive ketones (excluding diaryl/α,β-unsaturated/α-hetero) is 2. The number of nitrogens with zero attached hydrogens (tertiary/aromatic N) is 2. The predicted octanol–water partition coefficient (Wildman–Crippen LogP) is -0.100. The number of amides is 5. The second-order valence-electron chi connectivity index (χ2n) is 17.9. The number of carbonyl (C=O) groups is 7. The molecule has 1 fully saturated rings. The topological polar surface area (TPSA) is 354 Å². The van der Waals surface area contributed by atoms with Gasteiger partial charge < -0.3 is 66.4 Å². The first-order chi connectivity index (χ1) is 33.7. The van der Waals surface area contributed by atoms with E-state index in [-0.39, 0.29) is 88.7 Å². The maximum Gasteiger partial charge on any atom is 0.469 e. The Bertz CT molecular complexity index is 2030. The molecule has 0 radical (unpaired) electrons. The molecule has 0 bridgehead atoms. The fourth-order valence-electron chi connectivity index (χ4n) is 7.83. The lowest BCUT2D eigenvalue weighted by molar-refractivity contribution is -0.140. The Morgan fingerprint density at radius 3 is 2.24 bits per heavy atom. The number of ether oxygens (including phenoxy) is 3. The van der Waals surface area contributed by atoms with Crippen molar-refractivity contribution in [1.82, 2.24) is 30.8 Å². The Labute approximate surface area is 419 Å². The van der Waals surface area contributed by atoms with Crippen LogP contribution >= 0.6 is 20.5 Å². The smallest absolute Gasteiger partial charge is 0.394 e. The van der Waals surface area contributed by atoms with Gasteiger partial charge in [-0.25, -0.2) is 9.55 Å². The summed E-state index contributed by atoms with van der Waals surface area (Å²) in [7, 11) is -5.09. The van der Waals surface area contributed by atoms with Crippen LogP contribution in [0.3, 0.4) is 0 Å². The average Bonchev–Trinajstić information content (AvgIpc) is 4.01. The normalized spacial score (nSPS) is 17.5. The SMILES string of the molecule is CC(C)C[C@H](NC(=O)[C@@H]1C[C@H](OCCCCc2ccccc2)CN1C(=O)CCOCCOCCNC(=O)[C@@H](N)CS)C(=O)C[C@@H](Cc1cnc[nH]1)C(=O)N[C@@H](CO)C(=O)C[C@H](C(N)=O)C(C)OP(=O)(O)O. The van der Waals surface area contributed by atoms with Crippen molar-refractivity contribution in [2.75, 3.05) is 58.5 Å². The molecule has 398 valence electrons. The van der Waals surface area contributed by atoms with Crippen molar-refractivity contribution >= 4 is 61.6 Å². The van der Waals surface area contributed by atoms with Crippen LogP contribution in [-0.4, -0.2) is 166 Å². The van der Waals surface area contributed by atoms with E-state index in [0.29, 0.717) is 12.3 Å². The lowest BCUT2D eigenvalue weighted by atomic mass is 9.89. The van der Waals surface area contributed by atoms with E-state index in [2.05, 4.69) is 55.2 Å². The van der Waals surface area contributed by atoms with Gasteiger partial charge in [0.25, 0.3) is 0 Å². The molecule has 3 rings (SSSR count). The second kappa shape index (κ2) is 31.8. The first kappa shape index (κ1) is 60.7. The third kappa shape index (κ3) is 22.8. The number of aliphatic hydroxyl groups excluding tert-OH is 1. The first-order valence-electron chi connectivity index (χ1n) is 23.7. The number of likely N-dealkylation sites (tertiary alicyclic amines) is 1. The number of H-pyrrole nitrogens is 1. The van der Waals surface area contributed by atoms with E-state index in [9.17, 15) is 53.0 Å². The Morgan fingerprint density at radius 2 is 1.62 bits per heavy atom. The van der Waals surface area contributed by atoms with Crippen molar-refractivity contribution in [3.05, 3.63) is 54.1 Å². The van der Waals surface area contributed by atoms with Crippen LogP contribution in [-0.2, 0) is 69.7 Å². The number of benzene rings is 1. The average molecular weight is 1040 g/mol. The molecule has 0 spiro atoms. The van der Waals surface area contributed by atoms with Gasteiger partial charge in [0.1, 0.15) is 12.1 Å². The minimum atomic E-state index is -5.09. The summed E-state index contributed by atoms with van der Waals surface area (Å²) < 4.78 is 33.3. The van der Waals surface area contributed by atoms with Crippen LogP contribution < -0.4 is 27.4 Å². The molecule has 8 atom stereocenters. The molecule has 0 aliphatic carbocycles. The summed E-state index contributed by atoms with van der Waals surface area (Å²) in [5.74, 6) is -7.33. The summed E-state index contributed by atoms with van der Waals surface area (Å²) in [6.45, 7) is 5.26. The number of hydrogen-bond acceptors (Lipinski definition) is 16. The Balaban J connectivity index is 1.72. The van der Waals surface area contributed by atoms with Gasteiger partial charge in [0.15, 0.2) is 11.6 Å². The van der Waals surface area contributed by atoms with Crippen molar-refractivity contribution in [2.24, 2.45) is 29.2 Å². The zero-order valence-electron chi connectivity index (χ0n) is 40.6. The molecule has 2 aromatic rings. The molecule has 1 aromatic carbocycles. The highest BCUT2D eigenvalue weighted by molar-refractivity contribution is 7.80. The molecule has 1 aliphatic rings. The molecular formula is C46H73N8O15PS. The van der Waals surface area contributed by atoms with E-state index < -0.39 is 105 Å². The molecule has 2 heterocycles. The number of aromatic nitrogens is 2. The van der Waals surface area contributed by atoms with Crippen molar-refractivity contribution in [3.63, 3.8) is 0 Å². The van der Waals surface area contributed by atoms with Crippen LogP contribution in [0.1, 0.15) is 77.0 Å². The minimum Gasteiger partial charge on any atom is -0.394 e. The van der Waals surface area contributed by atoms with E-state index >= 15 is 0 Å². The van der Waals surface area contributed by atoms with Gasteiger partial charge in [-0.3, -0.25) is 38.1 Å². The van der Waals surface area contributed by atoms with Crippen molar-refractivity contribution in [2.45, 2.75) is 115 Å². The number of aromatic amines is 1. The number of nitrogens with two attached hydrogens (primary N) is 2. The van der Waals surface area contributed by atoms with E-state index in [1.807, 2.05) is 32.0 Å². The highest BCUT2D eigenvalue weighted by Crippen LogP contribution is 2.39. The van der Waals surface area contributed by atoms with Crippen molar-refractivity contribution in [3.8, 4) is 0 Å². The fourth-order valence-corrected chi connectivity index (χ4v) is 8.58. The number of rotatable bonds is 36. The maximum absolute atomic E-state index is 14.3. The summed E-state index contributed by atoms with van der Waals surface area (Å²) in [5.41, 5.74) is 12.7. The highest BCUT2D eigenvalue weighted by atomic mass is 32.1. The van der Waals surface area contributed by atoms with Crippen molar-refractivity contribution < 1.29 is 71.8 Å². The number of thiol groups is 1. The number of carbonyl (C=O) groups excluding carboxylic acids is 7. The van der Waals surface area contributed by atoms with E-state index in [1.165, 1.54) is 23.0 Å². The molecule has 1 saturated heterocycles. The number of aliphatic hydroxyl groups is 1. The van der Waals surface area contributed by atoms with Crippen LogP contribution in [0.25, 0.3) is 0 Å². The van der Waals surface area contributed by atoms with Gasteiger partial charge in [-0.1, -0.05) is 44.2 Å². The largest absolute Gasteiger partial charge is 0.469 e. The number of hydrogen-bond donors (Lipinski definition) is 10. The minimum absolute atomic E-state index is 0.0262. The van der Waals surface area contributed by atoms with Gasteiger partial charge in [0, 0.05) is 63.0 Å². The maximum atomic E-state index is 14.3. The summed E-state index contributed by atoms with van der Waals surface area (Å²) in [5, 5.41) is 18.1. The fraction of sp³-hybridized carbons (Fsp3) is 0.652. The molecule has 23 nitrogen and oxygen atoms in total. The van der Waals surface area contributed by atoms with Gasteiger partial charge >= 0.3 is 7.82 Å². The zero-order valence-corrected chi connectivity index (χ0v) is 42.4. The van der Waals surface area contributed by atoms with Gasteiger partial charge in [-0.2, -0.15) is 12.6 Å². The summed E-state index contributed by atoms with van der Waals surface area (Å²) in [6, 6.07) is 5.57. The monoisotopic (exact) mass is 1040 g/mol. The van der Waals surface area contributed by atoms with E-state index in [1.54, 1.807) is 0 Å². The van der Waals surface area contributed by atoms with Gasteiger partial charge in [0.2, 0.25) is 29.5 Å². The number of phosphoric ester groups is 1. The number of aryl methyl sites for hydroxylation is 1. The van der Waals surface area contributed by atoms with E-state index in [0.717, 1.165) is 26.2 Å². The molecule has 25 heteroatoms. The number of imidazole rings is 1. The summed E-state index contributed by atoms with van der Waals surface area (Å²) >= 11 is 4.00. The third-order valence-electron chi connectivity index (χ3n) is 11.6. The number of phosphoric acid groups is 1. The third-order valence-corrected chi connectivity index (χ3v) is 12.7. The molecule has 71 heavy (non-hydrogen) atoms. The van der Waals surface area contributed by atoms with Crippen LogP contribution in [0.4, 0.5) is 0 Å². The Morgan fingerprint density at radius 1 is 0.930 bits per heavy atom. The van der Waals surface area contributed by atoms with Crippen LogP contribution in [0.2, 0.25) is 0 Å². The first-order valence-corrected chi connectivity index (χ1v) is 25.9. The van der Waals surface area contributed by atoms with Gasteiger partial charge in [-0.15, -0.1) is 0 Å². The Kier molecular flexibility index (Phi) is 27.1. The molecular weight excluding hydrogens is 968 g/mol. The standard InChI is InChI=1S/C46H73N8O15PS/c1-29(2)19-37(40(56)21-32(20-33-24-49-28-51-33)44(60)53-38(26-55)41(57)23-35(43(48)59)30(3)69-70(63,64)65)52-46(62)39-22-34(68-14-8-7-11-31-9-5-4-6-10-31)25-54(39)42(58)12-15-66-17-18-67-16-13-50-45(61)36(47)27-71/h4-6,9-10,24,28-30,32,34-39,55,71H,7-8,11-23,25-27,47H2,1-3H3,(H2,48,59)(H,49,51)(H,50,61)(H,52,62)(H,53,60)(H2,63,64,65)/t30?,32-,34+,35+,36+,37+,38+,39+/m1/s1. The predicted molar refractivity (Wildman–Crippen MR) is 261 cm³/mol. The molecule has 1 aromatic heterocycles. The molecule has 1 aliphatic heterocycles. The van der Waals surface area contributed by atoms with Crippen LogP contribution in [0.5, 0.6) is 0 Å². The van der Waals surface area contributed by atoms with Crippen LogP contribution in [0.15, 0.2) is 42.9 Å². The molecule has 1 unspecified atom stereocenters. The molecule has 11 N–H and O–H groups in total. The zero-order chi connectivity index (χ0) is 52.5. The lowest BCUT2D eigenvalue weighted by Gasteiger charge is -2.28. The lowest BCUT2D eigenvalue weighted by Crippen LogP contribution is -2.52. The number of ketones is 2. The quantitative estimate of drug-likeness (QED) is 0.0242. The number of unbranched alkanes of at least 4 members (excludes halogenated alkanes) is 1. The molecule has 0 saturated carbocycles. The number of nitrogens with one attached hydrogen (secondary N) is 4. The molecule has 5 amide bonds. The number of primary amides is 1. The highest BCUT2D eigenvalue weighted by Gasteiger charge is 2.42. The summed E-state index contributed by atoms with van der Waals surface area (Å²) in [6.07, 6.45) is 2.25. The van der Waals surface area contributed by atoms with E-state index in [4.69, 9.17) is 25.7 Å². The second-order valence-corrected chi connectivity index (χ2v) is 19.4. The Hall–Kier alpha value is -4.62. The van der Waals surface area contributed by atoms with Crippen molar-refractivity contribution in [1.29, 1.82) is 0 Å². The van der Waals surface area contributed by atoms with Gasteiger partial charge in [-0.05, 0) is 44.1 Å². The van der Waals surface area contributed by atoms with Gasteiger partial charge in [0.05, 0.1) is 81.9 Å².